The van der Waals surface area contributed by atoms with Gasteiger partial charge >= 0.3 is 0 Å². The number of rotatable bonds is 9. The van der Waals surface area contributed by atoms with Crippen LogP contribution >= 0.6 is 12.4 Å². The van der Waals surface area contributed by atoms with E-state index in [0.717, 1.165) is 31.6 Å². The second-order valence-electron chi connectivity index (χ2n) is 5.40. The predicted molar refractivity (Wildman–Crippen MR) is 97.5 cm³/mol. The lowest BCUT2D eigenvalue weighted by Crippen LogP contribution is -2.24. The molecule has 0 amide bonds. The second-order valence-corrected chi connectivity index (χ2v) is 5.40. The fourth-order valence-corrected chi connectivity index (χ4v) is 2.51. The molecule has 2 N–H and O–H groups in total. The molecule has 0 radical (unpaired) electrons. The number of ether oxygens (including phenoxy) is 1. The van der Waals surface area contributed by atoms with E-state index in [1.54, 1.807) is 7.11 Å². The molecule has 0 bridgehead atoms. The van der Waals surface area contributed by atoms with Crippen LogP contribution in [0.3, 0.4) is 0 Å². The molecule has 0 aliphatic carbocycles. The van der Waals surface area contributed by atoms with E-state index in [1.165, 1.54) is 11.1 Å². The minimum absolute atomic E-state index is 0. The number of hydrogen-bond donors (Lipinski definition) is 2. The summed E-state index contributed by atoms with van der Waals surface area (Å²) < 4.78 is 5.23. The summed E-state index contributed by atoms with van der Waals surface area (Å²) in [6, 6.07) is 19.0. The molecular formula is C19H26ClNO2. The third kappa shape index (κ3) is 6.61. The molecule has 1 unspecified atom stereocenters. The average molecular weight is 336 g/mol. The predicted octanol–water partition coefficient (Wildman–Crippen LogP) is 3.76. The first-order valence-corrected chi connectivity index (χ1v) is 7.85. The van der Waals surface area contributed by atoms with E-state index < -0.39 is 0 Å². The molecule has 126 valence electrons. The number of nitrogens with one attached hydrogen (secondary N) is 1. The Morgan fingerprint density at radius 2 is 1.70 bits per heavy atom. The van der Waals surface area contributed by atoms with Gasteiger partial charge < -0.3 is 15.2 Å². The Morgan fingerprint density at radius 1 is 1.00 bits per heavy atom. The van der Waals surface area contributed by atoms with Crippen LogP contribution in [0, 0.1) is 0 Å². The minimum Gasteiger partial charge on any atom is -0.497 e. The molecule has 0 saturated heterocycles. The lowest BCUT2D eigenvalue weighted by atomic mass is 9.98. The fraction of sp³-hybridized carbons (Fsp3) is 0.368. The standard InChI is InChI=1S/C19H25NO2.ClH/c1-22-18-11-9-17(10-12-18)19(20-13-5-6-14-21)15-16-7-3-2-4-8-16;/h2-4,7-12,19-21H,5-6,13-15H2,1H3;1H. The molecule has 0 heterocycles. The number of aliphatic hydroxyl groups is 1. The van der Waals surface area contributed by atoms with Crippen molar-refractivity contribution in [2.45, 2.75) is 25.3 Å². The number of halogens is 1. The van der Waals surface area contributed by atoms with E-state index in [0.29, 0.717) is 0 Å². The first-order valence-electron chi connectivity index (χ1n) is 7.85. The fourth-order valence-electron chi connectivity index (χ4n) is 2.51. The summed E-state index contributed by atoms with van der Waals surface area (Å²) in [5, 5.41) is 12.5. The highest BCUT2D eigenvalue weighted by Crippen LogP contribution is 2.21. The summed E-state index contributed by atoms with van der Waals surface area (Å²) in [6.45, 7) is 1.16. The number of unbranched alkanes of at least 4 members (excludes halogenated alkanes) is 1. The minimum atomic E-state index is 0. The summed E-state index contributed by atoms with van der Waals surface area (Å²) in [6.07, 6.45) is 2.78. The van der Waals surface area contributed by atoms with Crippen molar-refractivity contribution in [2.75, 3.05) is 20.3 Å². The van der Waals surface area contributed by atoms with Crippen LogP contribution in [-0.2, 0) is 6.42 Å². The van der Waals surface area contributed by atoms with Crippen LogP contribution in [-0.4, -0.2) is 25.4 Å². The highest BCUT2D eigenvalue weighted by molar-refractivity contribution is 5.85. The number of hydrogen-bond acceptors (Lipinski definition) is 3. The van der Waals surface area contributed by atoms with Gasteiger partial charge in [-0.3, -0.25) is 0 Å². The smallest absolute Gasteiger partial charge is 0.118 e. The zero-order valence-corrected chi connectivity index (χ0v) is 14.4. The van der Waals surface area contributed by atoms with Crippen molar-refractivity contribution in [3.8, 4) is 5.75 Å². The maximum atomic E-state index is 8.90. The van der Waals surface area contributed by atoms with E-state index in [1.807, 2.05) is 18.2 Å². The Labute approximate surface area is 145 Å². The van der Waals surface area contributed by atoms with Crippen molar-refractivity contribution in [3.63, 3.8) is 0 Å². The molecule has 4 heteroatoms. The Balaban J connectivity index is 0.00000264. The molecule has 3 nitrogen and oxygen atoms in total. The lowest BCUT2D eigenvalue weighted by Gasteiger charge is -2.20. The Morgan fingerprint density at radius 3 is 2.30 bits per heavy atom. The molecule has 0 aromatic heterocycles. The molecular weight excluding hydrogens is 310 g/mol. The van der Waals surface area contributed by atoms with Gasteiger partial charge in [-0.25, -0.2) is 0 Å². The van der Waals surface area contributed by atoms with Gasteiger partial charge in [-0.1, -0.05) is 42.5 Å². The van der Waals surface area contributed by atoms with Crippen molar-refractivity contribution in [1.82, 2.24) is 5.32 Å². The molecule has 0 aliphatic heterocycles. The van der Waals surface area contributed by atoms with Crippen LogP contribution in [0.1, 0.15) is 30.0 Å². The van der Waals surface area contributed by atoms with Gasteiger partial charge in [-0.2, -0.15) is 0 Å². The Kier molecular flexibility index (Phi) is 9.37. The molecule has 0 saturated carbocycles. The van der Waals surface area contributed by atoms with Gasteiger partial charge in [-0.05, 0) is 49.1 Å². The molecule has 2 aromatic carbocycles. The SMILES string of the molecule is COc1ccc(C(Cc2ccccc2)NCCCCO)cc1.Cl. The largest absolute Gasteiger partial charge is 0.497 e. The van der Waals surface area contributed by atoms with Crippen molar-refractivity contribution >= 4 is 12.4 Å². The number of benzene rings is 2. The molecule has 0 fully saturated rings. The summed E-state index contributed by atoms with van der Waals surface area (Å²) >= 11 is 0. The van der Waals surface area contributed by atoms with Gasteiger partial charge in [-0.15, -0.1) is 12.4 Å². The monoisotopic (exact) mass is 335 g/mol. The molecule has 2 rings (SSSR count). The number of aliphatic hydroxyl groups excluding tert-OH is 1. The van der Waals surface area contributed by atoms with Crippen molar-refractivity contribution in [2.24, 2.45) is 0 Å². The van der Waals surface area contributed by atoms with Crippen LogP contribution in [0.2, 0.25) is 0 Å². The van der Waals surface area contributed by atoms with Gasteiger partial charge in [0.25, 0.3) is 0 Å². The number of methoxy groups -OCH3 is 1. The Hall–Kier alpha value is -1.55. The second kappa shape index (κ2) is 11.1. The summed E-state index contributed by atoms with van der Waals surface area (Å²) in [5.74, 6) is 0.877. The summed E-state index contributed by atoms with van der Waals surface area (Å²) in [7, 11) is 1.68. The van der Waals surface area contributed by atoms with Crippen LogP contribution < -0.4 is 10.1 Å². The third-order valence-corrected chi connectivity index (χ3v) is 3.78. The average Bonchev–Trinajstić information content (AvgIpc) is 2.59. The first kappa shape index (κ1) is 19.5. The topological polar surface area (TPSA) is 41.5 Å². The normalized spacial score (nSPS) is 11.6. The molecule has 1 atom stereocenters. The molecule has 2 aromatic rings. The maximum absolute atomic E-state index is 8.90. The van der Waals surface area contributed by atoms with Gasteiger partial charge in [0.2, 0.25) is 0 Å². The first-order chi connectivity index (χ1) is 10.8. The quantitative estimate of drug-likeness (QED) is 0.685. The van der Waals surface area contributed by atoms with E-state index in [4.69, 9.17) is 9.84 Å². The van der Waals surface area contributed by atoms with Crippen molar-refractivity contribution < 1.29 is 9.84 Å². The Bertz CT molecular complexity index is 531. The van der Waals surface area contributed by atoms with E-state index in [-0.39, 0.29) is 25.1 Å². The molecule has 0 spiro atoms. The third-order valence-electron chi connectivity index (χ3n) is 3.78. The van der Waals surface area contributed by atoms with Crippen LogP contribution in [0.5, 0.6) is 5.75 Å². The van der Waals surface area contributed by atoms with E-state index in [2.05, 4.69) is 41.7 Å². The van der Waals surface area contributed by atoms with Gasteiger partial charge in [0.15, 0.2) is 0 Å². The van der Waals surface area contributed by atoms with Crippen LogP contribution in [0.4, 0.5) is 0 Å². The zero-order valence-electron chi connectivity index (χ0n) is 13.6. The van der Waals surface area contributed by atoms with Gasteiger partial charge in [0.05, 0.1) is 7.11 Å². The highest BCUT2D eigenvalue weighted by Gasteiger charge is 2.11. The van der Waals surface area contributed by atoms with Crippen LogP contribution in [0.25, 0.3) is 0 Å². The van der Waals surface area contributed by atoms with E-state index >= 15 is 0 Å². The van der Waals surface area contributed by atoms with E-state index in [9.17, 15) is 0 Å². The van der Waals surface area contributed by atoms with Crippen molar-refractivity contribution in [1.29, 1.82) is 0 Å². The van der Waals surface area contributed by atoms with Gasteiger partial charge in [0, 0.05) is 12.6 Å². The maximum Gasteiger partial charge on any atom is 0.118 e. The highest BCUT2D eigenvalue weighted by atomic mass is 35.5. The molecule has 23 heavy (non-hydrogen) atoms. The van der Waals surface area contributed by atoms with Crippen molar-refractivity contribution in [3.05, 3.63) is 65.7 Å². The zero-order chi connectivity index (χ0) is 15.6. The summed E-state index contributed by atoms with van der Waals surface area (Å²) in [4.78, 5) is 0. The summed E-state index contributed by atoms with van der Waals surface area (Å²) in [5.41, 5.74) is 2.58. The van der Waals surface area contributed by atoms with Crippen LogP contribution in [0.15, 0.2) is 54.6 Å². The van der Waals surface area contributed by atoms with Gasteiger partial charge in [0.1, 0.15) is 5.75 Å². The molecule has 0 aliphatic rings. The lowest BCUT2D eigenvalue weighted by molar-refractivity contribution is 0.282.